The zero-order chi connectivity index (χ0) is 19.7. The van der Waals surface area contributed by atoms with E-state index in [0.29, 0.717) is 11.0 Å². The molecule has 0 aromatic heterocycles. The lowest BCUT2D eigenvalue weighted by atomic mass is 9.79. The minimum absolute atomic E-state index is 0.0664. The van der Waals surface area contributed by atoms with Gasteiger partial charge in [-0.25, -0.2) is 4.39 Å². The van der Waals surface area contributed by atoms with Crippen molar-refractivity contribution < 1.29 is 13.9 Å². The van der Waals surface area contributed by atoms with Crippen LogP contribution in [-0.4, -0.2) is 45.7 Å². The highest BCUT2D eigenvalue weighted by Gasteiger charge is 2.32. The van der Waals surface area contributed by atoms with Crippen LogP contribution in [0.1, 0.15) is 51.9 Å². The highest BCUT2D eigenvalue weighted by atomic mass is 35.5. The topological polar surface area (TPSA) is 42.9 Å². The van der Waals surface area contributed by atoms with Gasteiger partial charge in [-0.05, 0) is 77.1 Å². The fourth-order valence-electron chi connectivity index (χ4n) is 4.32. The molecule has 2 fully saturated rings. The SMILES string of the molecule is C=N/C(=C(Cl)\C=C(/C)F)[C@H]1CC[C@@H](CCNC2(COC)CCOCC2)CC1. The minimum atomic E-state index is -0.306. The number of allylic oxidation sites excluding steroid dienone is 4. The third-order valence-corrected chi connectivity index (χ3v) is 6.20. The van der Waals surface area contributed by atoms with Crippen LogP contribution in [0.25, 0.3) is 0 Å². The van der Waals surface area contributed by atoms with Crippen LogP contribution in [0.3, 0.4) is 0 Å². The molecule has 1 aliphatic carbocycles. The van der Waals surface area contributed by atoms with Crippen LogP contribution >= 0.6 is 11.6 Å². The molecule has 0 aromatic rings. The van der Waals surface area contributed by atoms with E-state index in [2.05, 4.69) is 17.0 Å². The van der Waals surface area contributed by atoms with Crippen LogP contribution in [0.5, 0.6) is 0 Å². The number of hydrogen-bond donors (Lipinski definition) is 1. The van der Waals surface area contributed by atoms with Crippen molar-refractivity contribution in [3.63, 3.8) is 0 Å². The summed E-state index contributed by atoms with van der Waals surface area (Å²) in [5.41, 5.74) is 0.809. The molecular formula is C21H34ClFN2O2. The lowest BCUT2D eigenvalue weighted by molar-refractivity contribution is 0.0000219. The van der Waals surface area contributed by atoms with E-state index in [9.17, 15) is 4.39 Å². The molecule has 154 valence electrons. The molecule has 0 atom stereocenters. The van der Waals surface area contributed by atoms with Gasteiger partial charge < -0.3 is 14.8 Å². The van der Waals surface area contributed by atoms with Gasteiger partial charge in [0.2, 0.25) is 0 Å². The standard InChI is InChI=1S/C21H34ClFN2O2/c1-16(23)14-19(22)20(24-2)18-6-4-17(5-7-18)8-11-25-21(15-26-3)9-12-27-13-10-21/h14,17-18,25H,2,4-13,15H2,1,3H3/b16-14+,20-19+/t17-,18+. The monoisotopic (exact) mass is 400 g/mol. The van der Waals surface area contributed by atoms with Crippen LogP contribution in [0, 0.1) is 11.8 Å². The quantitative estimate of drug-likeness (QED) is 0.437. The van der Waals surface area contributed by atoms with Gasteiger partial charge in [0.25, 0.3) is 0 Å². The number of rotatable bonds is 9. The van der Waals surface area contributed by atoms with E-state index in [1.165, 1.54) is 13.0 Å². The summed E-state index contributed by atoms with van der Waals surface area (Å²) in [6, 6.07) is 0. The molecule has 1 saturated carbocycles. The summed E-state index contributed by atoms with van der Waals surface area (Å²) < 4.78 is 24.1. The molecular weight excluding hydrogens is 367 g/mol. The Hall–Kier alpha value is -0.750. The summed E-state index contributed by atoms with van der Waals surface area (Å²) in [6.45, 7) is 8.38. The maximum Gasteiger partial charge on any atom is 0.0984 e. The largest absolute Gasteiger partial charge is 0.383 e. The lowest BCUT2D eigenvalue weighted by Gasteiger charge is -2.38. The van der Waals surface area contributed by atoms with Crippen molar-refractivity contribution in [3.05, 3.63) is 22.6 Å². The van der Waals surface area contributed by atoms with Gasteiger partial charge in [0, 0.05) is 31.8 Å². The predicted molar refractivity (Wildman–Crippen MR) is 110 cm³/mol. The van der Waals surface area contributed by atoms with Crippen LogP contribution in [0.4, 0.5) is 4.39 Å². The Labute approximate surface area is 168 Å². The molecule has 0 unspecified atom stereocenters. The molecule has 0 aromatic carbocycles. The maximum atomic E-state index is 13.1. The molecule has 1 heterocycles. The molecule has 1 saturated heterocycles. The molecule has 6 heteroatoms. The van der Waals surface area contributed by atoms with E-state index in [-0.39, 0.29) is 17.3 Å². The summed E-state index contributed by atoms with van der Waals surface area (Å²) in [5, 5.41) is 4.14. The third kappa shape index (κ3) is 6.97. The van der Waals surface area contributed by atoms with E-state index in [1.807, 2.05) is 0 Å². The second kappa shape index (κ2) is 11.3. The molecule has 27 heavy (non-hydrogen) atoms. The van der Waals surface area contributed by atoms with Gasteiger partial charge in [-0.2, -0.15) is 0 Å². The molecule has 0 spiro atoms. The van der Waals surface area contributed by atoms with Gasteiger partial charge in [0.05, 0.1) is 23.2 Å². The highest BCUT2D eigenvalue weighted by molar-refractivity contribution is 6.31. The first-order valence-electron chi connectivity index (χ1n) is 10.0. The Bertz CT molecular complexity index is 527. The highest BCUT2D eigenvalue weighted by Crippen LogP contribution is 2.37. The molecule has 2 rings (SSSR count). The van der Waals surface area contributed by atoms with Crippen LogP contribution in [0.2, 0.25) is 0 Å². The van der Waals surface area contributed by atoms with E-state index in [0.717, 1.165) is 77.0 Å². The van der Waals surface area contributed by atoms with Gasteiger partial charge in [-0.15, -0.1) is 0 Å². The number of aliphatic imine (C=N–C) groups is 1. The molecule has 4 nitrogen and oxygen atoms in total. The van der Waals surface area contributed by atoms with E-state index < -0.39 is 0 Å². The smallest absolute Gasteiger partial charge is 0.0984 e. The summed E-state index contributed by atoms with van der Waals surface area (Å²) >= 11 is 6.22. The Morgan fingerprint density at radius 1 is 1.33 bits per heavy atom. The molecule has 1 N–H and O–H groups in total. The van der Waals surface area contributed by atoms with Crippen molar-refractivity contribution in [1.82, 2.24) is 5.32 Å². The normalized spacial score (nSPS) is 27.2. The second-order valence-corrected chi connectivity index (χ2v) is 8.29. The summed E-state index contributed by atoms with van der Waals surface area (Å²) in [4.78, 5) is 4.09. The zero-order valence-corrected chi connectivity index (χ0v) is 17.5. The van der Waals surface area contributed by atoms with Crippen molar-refractivity contribution in [2.75, 3.05) is 33.5 Å². The van der Waals surface area contributed by atoms with E-state index in [1.54, 1.807) is 7.11 Å². The van der Waals surface area contributed by atoms with Crippen LogP contribution in [-0.2, 0) is 9.47 Å². The lowest BCUT2D eigenvalue weighted by Crippen LogP contribution is -2.53. The predicted octanol–water partition coefficient (Wildman–Crippen LogP) is 4.99. The molecule has 0 radical (unpaired) electrons. The van der Waals surface area contributed by atoms with Gasteiger partial charge >= 0.3 is 0 Å². The van der Waals surface area contributed by atoms with E-state index in [4.69, 9.17) is 21.1 Å². The first-order valence-corrected chi connectivity index (χ1v) is 10.4. The fourth-order valence-corrected chi connectivity index (χ4v) is 4.69. The van der Waals surface area contributed by atoms with Crippen molar-refractivity contribution in [3.8, 4) is 0 Å². The van der Waals surface area contributed by atoms with Crippen LogP contribution in [0.15, 0.2) is 27.6 Å². The third-order valence-electron chi connectivity index (χ3n) is 5.90. The number of nitrogens with zero attached hydrogens (tertiary/aromatic N) is 1. The second-order valence-electron chi connectivity index (χ2n) is 7.88. The Morgan fingerprint density at radius 2 is 2.00 bits per heavy atom. The average molecular weight is 401 g/mol. The number of nitrogens with one attached hydrogen (secondary N) is 1. The fraction of sp³-hybridized carbons (Fsp3) is 0.762. The van der Waals surface area contributed by atoms with Gasteiger partial charge in [0.15, 0.2) is 0 Å². The number of halogens is 2. The number of hydrogen-bond acceptors (Lipinski definition) is 4. The minimum Gasteiger partial charge on any atom is -0.383 e. The molecule has 0 amide bonds. The summed E-state index contributed by atoms with van der Waals surface area (Å²) in [7, 11) is 1.77. The maximum absolute atomic E-state index is 13.1. The Morgan fingerprint density at radius 3 is 2.56 bits per heavy atom. The first kappa shape index (κ1) is 22.5. The van der Waals surface area contributed by atoms with Crippen molar-refractivity contribution in [1.29, 1.82) is 0 Å². The van der Waals surface area contributed by atoms with E-state index >= 15 is 0 Å². The summed E-state index contributed by atoms with van der Waals surface area (Å²) in [6.07, 6.45) is 8.88. The van der Waals surface area contributed by atoms with Crippen LogP contribution < -0.4 is 5.32 Å². The van der Waals surface area contributed by atoms with Gasteiger partial charge in [0.1, 0.15) is 0 Å². The van der Waals surface area contributed by atoms with Gasteiger partial charge in [-0.1, -0.05) is 11.6 Å². The van der Waals surface area contributed by atoms with Crippen molar-refractivity contribution >= 4 is 18.3 Å². The molecule has 1 aliphatic heterocycles. The zero-order valence-electron chi connectivity index (χ0n) is 16.7. The number of methoxy groups -OCH3 is 1. The Kier molecular flexibility index (Phi) is 9.43. The number of ether oxygens (including phenoxy) is 2. The molecule has 0 bridgehead atoms. The average Bonchev–Trinajstić information content (AvgIpc) is 2.64. The first-order chi connectivity index (χ1) is 13.0. The van der Waals surface area contributed by atoms with Crippen molar-refractivity contribution in [2.24, 2.45) is 16.8 Å². The Balaban J connectivity index is 1.80. The summed E-state index contributed by atoms with van der Waals surface area (Å²) in [5.74, 6) is 0.681. The van der Waals surface area contributed by atoms with Gasteiger partial charge in [-0.3, -0.25) is 4.99 Å². The molecule has 2 aliphatic rings. The van der Waals surface area contributed by atoms with Crippen molar-refractivity contribution in [2.45, 2.75) is 57.4 Å².